The number of carbonyl (C=O) groups is 1. The van der Waals surface area contributed by atoms with E-state index in [0.29, 0.717) is 11.6 Å². The number of likely N-dealkylation sites (tertiary alicyclic amines) is 1. The van der Waals surface area contributed by atoms with Crippen LogP contribution in [0.1, 0.15) is 63.7 Å². The first kappa shape index (κ1) is 22.9. The molecule has 30 heavy (non-hydrogen) atoms. The van der Waals surface area contributed by atoms with Gasteiger partial charge in [-0.25, -0.2) is 4.79 Å². The summed E-state index contributed by atoms with van der Waals surface area (Å²) in [5, 5.41) is 3.61. The Kier molecular flexibility index (Phi) is 8.00. The number of esters is 1. The van der Waals surface area contributed by atoms with Gasteiger partial charge in [0.1, 0.15) is 5.60 Å². The van der Waals surface area contributed by atoms with Crippen LogP contribution in [0.25, 0.3) is 0 Å². The highest BCUT2D eigenvalue weighted by atomic mass is 16.6. The second-order valence-electron chi connectivity index (χ2n) is 9.39. The minimum absolute atomic E-state index is 0.274. The zero-order valence-corrected chi connectivity index (χ0v) is 19.2. The van der Waals surface area contributed by atoms with Crippen molar-refractivity contribution in [1.29, 1.82) is 0 Å². The molecule has 0 atom stereocenters. The molecule has 2 aliphatic heterocycles. The van der Waals surface area contributed by atoms with Gasteiger partial charge in [0, 0.05) is 44.6 Å². The molecule has 0 spiro atoms. The van der Waals surface area contributed by atoms with Crippen LogP contribution in [0.15, 0.2) is 18.2 Å². The van der Waals surface area contributed by atoms with Gasteiger partial charge in [-0.1, -0.05) is 0 Å². The van der Waals surface area contributed by atoms with Gasteiger partial charge in [0.2, 0.25) is 0 Å². The van der Waals surface area contributed by atoms with E-state index in [1.165, 1.54) is 25.9 Å². The lowest BCUT2D eigenvalue weighted by atomic mass is 10.1. The lowest BCUT2D eigenvalue weighted by Gasteiger charge is -2.29. The van der Waals surface area contributed by atoms with E-state index in [1.807, 2.05) is 26.8 Å². The van der Waals surface area contributed by atoms with Crippen molar-refractivity contribution < 1.29 is 14.3 Å². The van der Waals surface area contributed by atoms with Crippen LogP contribution in [-0.4, -0.2) is 68.4 Å². The van der Waals surface area contributed by atoms with Crippen LogP contribution in [0.2, 0.25) is 0 Å². The third-order valence-corrected chi connectivity index (χ3v) is 5.83. The number of anilines is 2. The van der Waals surface area contributed by atoms with Gasteiger partial charge in [0.05, 0.1) is 11.3 Å². The molecule has 6 heteroatoms. The fourth-order valence-electron chi connectivity index (χ4n) is 4.16. The van der Waals surface area contributed by atoms with Gasteiger partial charge < -0.3 is 24.6 Å². The summed E-state index contributed by atoms with van der Waals surface area (Å²) in [6.45, 7) is 14.9. The molecule has 2 fully saturated rings. The highest BCUT2D eigenvalue weighted by molar-refractivity contribution is 5.96. The summed E-state index contributed by atoms with van der Waals surface area (Å²) < 4.78 is 11.2. The number of nitrogens with zero attached hydrogens (tertiary/aromatic N) is 2. The van der Waals surface area contributed by atoms with Crippen molar-refractivity contribution in [3.63, 3.8) is 0 Å². The zero-order valence-electron chi connectivity index (χ0n) is 19.2. The van der Waals surface area contributed by atoms with Crippen molar-refractivity contribution >= 4 is 17.3 Å². The van der Waals surface area contributed by atoms with Gasteiger partial charge in [0.15, 0.2) is 0 Å². The smallest absolute Gasteiger partial charge is 0.340 e. The van der Waals surface area contributed by atoms with Gasteiger partial charge in [-0.05, 0) is 84.7 Å². The van der Waals surface area contributed by atoms with E-state index in [2.05, 4.69) is 34.2 Å². The van der Waals surface area contributed by atoms with Crippen LogP contribution < -0.4 is 10.2 Å². The highest BCUT2D eigenvalue weighted by Crippen LogP contribution is 2.28. The van der Waals surface area contributed by atoms with Crippen molar-refractivity contribution in [2.75, 3.05) is 56.2 Å². The Balaban J connectivity index is 1.79. The number of rotatable bonds is 8. The van der Waals surface area contributed by atoms with Crippen LogP contribution in [0.5, 0.6) is 0 Å². The SMILES string of the molecule is CCN(CCN1CCCC1)c1ccc(C(=O)OC(C)(C)C)c(NC2CCOCC2)c1. The largest absolute Gasteiger partial charge is 0.456 e. The molecule has 0 amide bonds. The van der Waals surface area contributed by atoms with Gasteiger partial charge >= 0.3 is 5.97 Å². The van der Waals surface area contributed by atoms with Crippen molar-refractivity contribution in [3.05, 3.63) is 23.8 Å². The third kappa shape index (κ3) is 6.61. The summed E-state index contributed by atoms with van der Waals surface area (Å²) >= 11 is 0. The predicted molar refractivity (Wildman–Crippen MR) is 123 cm³/mol. The van der Waals surface area contributed by atoms with Gasteiger partial charge in [-0.15, -0.1) is 0 Å². The maximum absolute atomic E-state index is 12.9. The quantitative estimate of drug-likeness (QED) is 0.641. The summed E-state index contributed by atoms with van der Waals surface area (Å²) in [4.78, 5) is 17.8. The van der Waals surface area contributed by atoms with Crippen molar-refractivity contribution in [2.24, 2.45) is 0 Å². The predicted octanol–water partition coefficient (Wildman–Crippen LogP) is 4.15. The molecule has 2 heterocycles. The molecular formula is C24H39N3O3. The molecule has 2 saturated heterocycles. The van der Waals surface area contributed by atoms with Crippen LogP contribution in [0.3, 0.4) is 0 Å². The Morgan fingerprint density at radius 2 is 1.93 bits per heavy atom. The fraction of sp³-hybridized carbons (Fsp3) is 0.708. The first-order valence-electron chi connectivity index (χ1n) is 11.5. The molecular weight excluding hydrogens is 378 g/mol. The first-order valence-corrected chi connectivity index (χ1v) is 11.5. The lowest BCUT2D eigenvalue weighted by Crippen LogP contribution is -2.34. The molecule has 6 nitrogen and oxygen atoms in total. The van der Waals surface area contributed by atoms with E-state index in [9.17, 15) is 4.79 Å². The summed E-state index contributed by atoms with van der Waals surface area (Å²) in [6.07, 6.45) is 4.53. The fourth-order valence-corrected chi connectivity index (χ4v) is 4.16. The van der Waals surface area contributed by atoms with Crippen molar-refractivity contribution in [3.8, 4) is 0 Å². The van der Waals surface area contributed by atoms with E-state index in [1.54, 1.807) is 0 Å². The molecule has 168 valence electrons. The second-order valence-corrected chi connectivity index (χ2v) is 9.39. The summed E-state index contributed by atoms with van der Waals surface area (Å²) in [5.41, 5.74) is 2.11. The first-order chi connectivity index (χ1) is 14.4. The Labute approximate surface area is 181 Å². The lowest BCUT2D eigenvalue weighted by molar-refractivity contribution is 0.00706. The van der Waals surface area contributed by atoms with Crippen LogP contribution in [0.4, 0.5) is 11.4 Å². The average molecular weight is 418 g/mol. The minimum atomic E-state index is -0.517. The number of hydrogen-bond acceptors (Lipinski definition) is 6. The number of nitrogens with one attached hydrogen (secondary N) is 1. The molecule has 0 radical (unpaired) electrons. The molecule has 2 aliphatic rings. The van der Waals surface area contributed by atoms with Crippen molar-refractivity contribution in [2.45, 2.75) is 65.0 Å². The topological polar surface area (TPSA) is 54.0 Å². The third-order valence-electron chi connectivity index (χ3n) is 5.83. The average Bonchev–Trinajstić information content (AvgIpc) is 3.22. The molecule has 0 aromatic heterocycles. The van der Waals surface area contributed by atoms with Crippen molar-refractivity contribution in [1.82, 2.24) is 4.90 Å². The van der Waals surface area contributed by atoms with Gasteiger partial charge in [-0.2, -0.15) is 0 Å². The Morgan fingerprint density at radius 3 is 2.57 bits per heavy atom. The number of carbonyl (C=O) groups excluding carboxylic acids is 1. The molecule has 1 aromatic carbocycles. The number of hydrogen-bond donors (Lipinski definition) is 1. The molecule has 0 bridgehead atoms. The standard InChI is InChI=1S/C24H39N3O3/c1-5-27(15-14-26-12-6-7-13-26)20-8-9-21(23(28)30-24(2,3)4)22(18-20)25-19-10-16-29-17-11-19/h8-9,18-19,25H,5-7,10-17H2,1-4H3. The highest BCUT2D eigenvalue weighted by Gasteiger charge is 2.23. The monoisotopic (exact) mass is 417 g/mol. The molecule has 3 rings (SSSR count). The van der Waals surface area contributed by atoms with E-state index in [0.717, 1.165) is 57.1 Å². The molecule has 0 aliphatic carbocycles. The second kappa shape index (κ2) is 10.5. The van der Waals surface area contributed by atoms with E-state index >= 15 is 0 Å². The van der Waals surface area contributed by atoms with Crippen LogP contribution >= 0.6 is 0 Å². The van der Waals surface area contributed by atoms with Gasteiger partial charge in [0.25, 0.3) is 0 Å². The van der Waals surface area contributed by atoms with E-state index in [4.69, 9.17) is 9.47 Å². The summed E-state index contributed by atoms with van der Waals surface area (Å²) in [7, 11) is 0. The Hall–Kier alpha value is -1.79. The van der Waals surface area contributed by atoms with Gasteiger partial charge in [-0.3, -0.25) is 0 Å². The summed E-state index contributed by atoms with van der Waals surface area (Å²) in [6, 6.07) is 6.42. The van der Waals surface area contributed by atoms with Crippen LogP contribution in [-0.2, 0) is 9.47 Å². The van der Waals surface area contributed by atoms with E-state index in [-0.39, 0.29) is 5.97 Å². The number of ether oxygens (including phenoxy) is 2. The van der Waals surface area contributed by atoms with E-state index < -0.39 is 5.60 Å². The Morgan fingerprint density at radius 1 is 1.23 bits per heavy atom. The minimum Gasteiger partial charge on any atom is -0.456 e. The zero-order chi connectivity index (χ0) is 21.6. The maximum Gasteiger partial charge on any atom is 0.340 e. The molecule has 0 unspecified atom stereocenters. The Bertz CT molecular complexity index is 689. The molecule has 1 aromatic rings. The number of benzene rings is 1. The molecule has 0 saturated carbocycles. The maximum atomic E-state index is 12.9. The summed E-state index contributed by atoms with van der Waals surface area (Å²) in [5.74, 6) is -0.274. The van der Waals surface area contributed by atoms with Crippen LogP contribution in [0, 0.1) is 0 Å². The number of likely N-dealkylation sites (N-methyl/N-ethyl adjacent to an activating group) is 1. The normalized spacial score (nSPS) is 18.4. The molecule has 1 N–H and O–H groups in total.